The molecule has 0 saturated carbocycles. The molecule has 0 radical (unpaired) electrons. The number of rotatable bonds is 4. The summed E-state index contributed by atoms with van der Waals surface area (Å²) in [7, 11) is 0. The molecule has 5 heteroatoms. The van der Waals surface area contributed by atoms with Crippen molar-refractivity contribution in [3.63, 3.8) is 0 Å². The molecule has 0 saturated heterocycles. The molecule has 0 amide bonds. The highest BCUT2D eigenvalue weighted by Gasteiger charge is 2.16. The summed E-state index contributed by atoms with van der Waals surface area (Å²) in [6.07, 6.45) is 0. The standard InChI is InChI=1S/C17H19NO4/c1-9-11(3)21-16-10(2)17-14(7-13(9)16)12(6-15(19)22-17)8-20-5-4-18/h6-7H,4-5,8,18H2,1-3H3. The SMILES string of the molecule is Cc1oc2c(C)c3oc(=O)cc(COCCN)c3cc2c1C. The molecule has 0 aliphatic carbocycles. The van der Waals surface area contributed by atoms with Gasteiger partial charge in [-0.3, -0.25) is 0 Å². The first-order chi connectivity index (χ1) is 10.5. The van der Waals surface area contributed by atoms with E-state index in [2.05, 4.69) is 0 Å². The Bertz CT molecular complexity index is 905. The van der Waals surface area contributed by atoms with E-state index in [9.17, 15) is 4.79 Å². The maximum Gasteiger partial charge on any atom is 0.336 e. The van der Waals surface area contributed by atoms with Crippen LogP contribution in [0.2, 0.25) is 0 Å². The molecule has 2 N–H and O–H groups in total. The Hall–Kier alpha value is -2.11. The summed E-state index contributed by atoms with van der Waals surface area (Å²) in [5.74, 6) is 0.872. The highest BCUT2D eigenvalue weighted by Crippen LogP contribution is 2.33. The van der Waals surface area contributed by atoms with Gasteiger partial charge in [-0.1, -0.05) is 0 Å². The zero-order valence-corrected chi connectivity index (χ0v) is 13.0. The van der Waals surface area contributed by atoms with Gasteiger partial charge >= 0.3 is 5.63 Å². The highest BCUT2D eigenvalue weighted by atomic mass is 16.5. The van der Waals surface area contributed by atoms with Crippen LogP contribution in [0.3, 0.4) is 0 Å². The summed E-state index contributed by atoms with van der Waals surface area (Å²) in [4.78, 5) is 11.8. The van der Waals surface area contributed by atoms with E-state index in [0.717, 1.165) is 38.8 Å². The highest BCUT2D eigenvalue weighted by molar-refractivity contribution is 5.99. The Balaban J connectivity index is 2.30. The van der Waals surface area contributed by atoms with E-state index < -0.39 is 0 Å². The van der Waals surface area contributed by atoms with Crippen LogP contribution in [0.5, 0.6) is 0 Å². The van der Waals surface area contributed by atoms with Crippen molar-refractivity contribution in [2.24, 2.45) is 5.73 Å². The maximum atomic E-state index is 11.8. The summed E-state index contributed by atoms with van der Waals surface area (Å²) in [5, 5.41) is 1.92. The first-order valence-electron chi connectivity index (χ1n) is 7.26. The van der Waals surface area contributed by atoms with Crippen LogP contribution in [-0.4, -0.2) is 13.2 Å². The maximum absolute atomic E-state index is 11.8. The molecule has 0 unspecified atom stereocenters. The molecule has 0 fully saturated rings. The van der Waals surface area contributed by atoms with Crippen molar-refractivity contribution in [1.29, 1.82) is 0 Å². The first kappa shape index (κ1) is 14.8. The van der Waals surface area contributed by atoms with Gasteiger partial charge in [0.1, 0.15) is 16.9 Å². The molecule has 0 aliphatic heterocycles. The quantitative estimate of drug-likeness (QED) is 0.592. The lowest BCUT2D eigenvalue weighted by Gasteiger charge is -2.08. The summed E-state index contributed by atoms with van der Waals surface area (Å²) >= 11 is 0. The number of hydrogen-bond donors (Lipinski definition) is 1. The third-order valence-corrected chi connectivity index (χ3v) is 4.01. The van der Waals surface area contributed by atoms with Crippen LogP contribution in [0, 0.1) is 20.8 Å². The van der Waals surface area contributed by atoms with E-state index in [0.29, 0.717) is 25.3 Å². The summed E-state index contributed by atoms with van der Waals surface area (Å²) in [5.41, 5.74) is 9.12. The number of benzene rings is 1. The second kappa shape index (κ2) is 5.59. The second-order valence-electron chi connectivity index (χ2n) is 5.47. The smallest absolute Gasteiger partial charge is 0.336 e. The Morgan fingerprint density at radius 1 is 1.05 bits per heavy atom. The topological polar surface area (TPSA) is 78.6 Å². The Morgan fingerprint density at radius 3 is 2.50 bits per heavy atom. The van der Waals surface area contributed by atoms with Crippen LogP contribution in [0.25, 0.3) is 21.9 Å². The minimum Gasteiger partial charge on any atom is -0.461 e. The number of ether oxygens (including phenoxy) is 1. The fraction of sp³-hybridized carbons (Fsp3) is 0.353. The van der Waals surface area contributed by atoms with Gasteiger partial charge in [0.15, 0.2) is 0 Å². The number of fused-ring (bicyclic) bond motifs is 2. The van der Waals surface area contributed by atoms with E-state index in [-0.39, 0.29) is 5.63 Å². The molecule has 0 aliphatic rings. The second-order valence-corrected chi connectivity index (χ2v) is 5.47. The number of hydrogen-bond acceptors (Lipinski definition) is 5. The molecular formula is C17H19NO4. The van der Waals surface area contributed by atoms with Gasteiger partial charge in [-0.15, -0.1) is 0 Å². The lowest BCUT2D eigenvalue weighted by molar-refractivity contribution is 0.129. The van der Waals surface area contributed by atoms with Gasteiger partial charge < -0.3 is 19.3 Å². The first-order valence-corrected chi connectivity index (χ1v) is 7.26. The minimum atomic E-state index is -0.388. The molecular weight excluding hydrogens is 282 g/mol. The molecule has 116 valence electrons. The average molecular weight is 301 g/mol. The van der Waals surface area contributed by atoms with Crippen LogP contribution in [-0.2, 0) is 11.3 Å². The van der Waals surface area contributed by atoms with E-state index in [1.54, 1.807) is 0 Å². The van der Waals surface area contributed by atoms with Gasteiger partial charge in [0, 0.05) is 28.9 Å². The molecule has 2 heterocycles. The van der Waals surface area contributed by atoms with Crippen molar-refractivity contribution < 1.29 is 13.6 Å². The zero-order chi connectivity index (χ0) is 15.9. The minimum absolute atomic E-state index is 0.333. The van der Waals surface area contributed by atoms with Gasteiger partial charge in [0.2, 0.25) is 0 Å². The summed E-state index contributed by atoms with van der Waals surface area (Å²) < 4.78 is 16.7. The predicted octanol–water partition coefficient (Wildman–Crippen LogP) is 2.94. The third kappa shape index (κ3) is 2.32. The fourth-order valence-electron chi connectivity index (χ4n) is 2.72. The van der Waals surface area contributed by atoms with Crippen molar-refractivity contribution >= 4 is 21.9 Å². The Labute approximate surface area is 127 Å². The molecule has 3 aromatic rings. The molecule has 0 bridgehead atoms. The monoisotopic (exact) mass is 301 g/mol. The molecule has 2 aromatic heterocycles. The van der Waals surface area contributed by atoms with E-state index >= 15 is 0 Å². The van der Waals surface area contributed by atoms with Crippen molar-refractivity contribution in [3.8, 4) is 0 Å². The van der Waals surface area contributed by atoms with Gasteiger partial charge in [0.25, 0.3) is 0 Å². The van der Waals surface area contributed by atoms with Gasteiger partial charge in [-0.2, -0.15) is 0 Å². The van der Waals surface area contributed by atoms with Crippen LogP contribution >= 0.6 is 0 Å². The van der Waals surface area contributed by atoms with Crippen LogP contribution < -0.4 is 11.4 Å². The van der Waals surface area contributed by atoms with Gasteiger partial charge in [-0.05, 0) is 38.0 Å². The lowest BCUT2D eigenvalue weighted by atomic mass is 10.0. The normalized spacial score (nSPS) is 11.6. The largest absolute Gasteiger partial charge is 0.461 e. The number of nitrogens with two attached hydrogens (primary N) is 1. The summed E-state index contributed by atoms with van der Waals surface area (Å²) in [6, 6.07) is 3.49. The lowest BCUT2D eigenvalue weighted by Crippen LogP contribution is -2.09. The molecule has 0 atom stereocenters. The molecule has 1 aromatic carbocycles. The van der Waals surface area contributed by atoms with Gasteiger partial charge in [0.05, 0.1) is 13.2 Å². The fourth-order valence-corrected chi connectivity index (χ4v) is 2.72. The van der Waals surface area contributed by atoms with Crippen LogP contribution in [0.1, 0.15) is 22.5 Å². The summed E-state index contributed by atoms with van der Waals surface area (Å²) in [6.45, 7) is 7.09. The van der Waals surface area contributed by atoms with Crippen molar-refractivity contribution in [2.75, 3.05) is 13.2 Å². The number of aryl methyl sites for hydroxylation is 3. The Kier molecular flexibility index (Phi) is 3.76. The average Bonchev–Trinajstić information content (AvgIpc) is 2.77. The predicted molar refractivity (Wildman–Crippen MR) is 85.2 cm³/mol. The van der Waals surface area contributed by atoms with E-state index in [4.69, 9.17) is 19.3 Å². The number of furan rings is 1. The van der Waals surface area contributed by atoms with Crippen LogP contribution in [0.15, 0.2) is 25.8 Å². The van der Waals surface area contributed by atoms with Crippen molar-refractivity contribution in [2.45, 2.75) is 27.4 Å². The van der Waals surface area contributed by atoms with E-state index in [1.807, 2.05) is 26.8 Å². The van der Waals surface area contributed by atoms with Crippen molar-refractivity contribution in [1.82, 2.24) is 0 Å². The Morgan fingerprint density at radius 2 is 1.77 bits per heavy atom. The van der Waals surface area contributed by atoms with Gasteiger partial charge in [-0.25, -0.2) is 4.79 Å². The van der Waals surface area contributed by atoms with Crippen molar-refractivity contribution in [3.05, 3.63) is 45.0 Å². The molecule has 3 rings (SSSR count). The van der Waals surface area contributed by atoms with E-state index in [1.165, 1.54) is 6.07 Å². The van der Waals surface area contributed by atoms with Crippen LogP contribution in [0.4, 0.5) is 0 Å². The molecule has 5 nitrogen and oxygen atoms in total. The zero-order valence-electron chi connectivity index (χ0n) is 13.0. The third-order valence-electron chi connectivity index (χ3n) is 4.01. The molecule has 22 heavy (non-hydrogen) atoms. The molecule has 0 spiro atoms.